The number of ether oxygens (including phenoxy) is 1. The van der Waals surface area contributed by atoms with E-state index in [2.05, 4.69) is 15.3 Å². The maximum Gasteiger partial charge on any atom is 0.330 e. The van der Waals surface area contributed by atoms with Gasteiger partial charge in [-0.2, -0.15) is 0 Å². The number of nitrogens with one attached hydrogen (secondary N) is 1. The number of hydrogen-bond donors (Lipinski definition) is 2. The molecule has 158 valence electrons. The molecule has 4 aromatic rings. The molecule has 0 spiro atoms. The van der Waals surface area contributed by atoms with E-state index in [9.17, 15) is 14.7 Å². The van der Waals surface area contributed by atoms with E-state index in [1.165, 1.54) is 10.8 Å². The predicted molar refractivity (Wildman–Crippen MR) is 114 cm³/mol. The van der Waals surface area contributed by atoms with Gasteiger partial charge < -0.3 is 9.84 Å². The van der Waals surface area contributed by atoms with E-state index in [1.807, 2.05) is 42.5 Å². The maximum absolute atomic E-state index is 12.3. The van der Waals surface area contributed by atoms with Crippen molar-refractivity contribution in [1.29, 1.82) is 0 Å². The van der Waals surface area contributed by atoms with Crippen LogP contribution in [0, 0.1) is 6.92 Å². The number of aromatic nitrogens is 5. The zero-order chi connectivity index (χ0) is 21.5. The molecular weight excluding hydrogens is 398 g/mol. The highest BCUT2D eigenvalue weighted by molar-refractivity contribution is 5.95. The van der Waals surface area contributed by atoms with Crippen molar-refractivity contribution in [2.75, 3.05) is 6.61 Å². The highest BCUT2D eigenvalue weighted by Crippen LogP contribution is 2.38. The summed E-state index contributed by atoms with van der Waals surface area (Å²) in [7, 11) is 0. The first kappa shape index (κ1) is 19.4. The molecule has 9 heteroatoms. The Kier molecular flexibility index (Phi) is 4.76. The SMILES string of the molecule is Cc1cn([C@H]2C[C@H](n3nncc3-c3cccc4ccccc34)[C@@H](CO)O2)c(=O)[nH]c1=O. The predicted octanol–water partition coefficient (Wildman–Crippen LogP) is 1.78. The van der Waals surface area contributed by atoms with Crippen molar-refractivity contribution in [3.63, 3.8) is 0 Å². The highest BCUT2D eigenvalue weighted by atomic mass is 16.5. The second-order valence-electron chi connectivity index (χ2n) is 7.68. The minimum Gasteiger partial charge on any atom is -0.394 e. The molecule has 0 radical (unpaired) electrons. The quantitative estimate of drug-likeness (QED) is 0.521. The Morgan fingerprint density at radius 3 is 2.84 bits per heavy atom. The second-order valence-corrected chi connectivity index (χ2v) is 7.68. The van der Waals surface area contributed by atoms with Gasteiger partial charge in [0.1, 0.15) is 12.3 Å². The Balaban J connectivity index is 1.56. The van der Waals surface area contributed by atoms with E-state index in [1.54, 1.807) is 17.8 Å². The molecule has 1 saturated heterocycles. The van der Waals surface area contributed by atoms with E-state index >= 15 is 0 Å². The normalized spacial score (nSPS) is 21.0. The van der Waals surface area contributed by atoms with E-state index in [4.69, 9.17) is 4.74 Å². The van der Waals surface area contributed by atoms with Crippen LogP contribution in [0.25, 0.3) is 22.0 Å². The average Bonchev–Trinajstić information content (AvgIpc) is 3.42. The Bertz CT molecular complexity index is 1370. The Labute approximate surface area is 176 Å². The van der Waals surface area contributed by atoms with Gasteiger partial charge in [0.05, 0.1) is 24.5 Å². The topological polar surface area (TPSA) is 115 Å². The number of H-pyrrole nitrogens is 1. The minimum atomic E-state index is -0.644. The number of benzene rings is 2. The van der Waals surface area contributed by atoms with Crippen molar-refractivity contribution in [2.45, 2.75) is 31.7 Å². The first-order valence-electron chi connectivity index (χ1n) is 10.0. The standard InChI is InChI=1S/C22H21N5O4/c1-13-11-26(22(30)24-21(13)29)20-9-17(19(12-28)31-20)27-18(10-23-25-27)16-8-4-6-14-5-2-3-7-15(14)16/h2-8,10-11,17,19-20,28H,9,12H2,1H3,(H,24,29,30)/t17-,19+,20+/m0/s1. The first-order chi connectivity index (χ1) is 15.1. The van der Waals surface area contributed by atoms with Gasteiger partial charge in [-0.1, -0.05) is 47.7 Å². The molecule has 31 heavy (non-hydrogen) atoms. The summed E-state index contributed by atoms with van der Waals surface area (Å²) in [5.74, 6) is 0. The number of hydrogen-bond acceptors (Lipinski definition) is 6. The molecule has 1 aliphatic heterocycles. The molecule has 0 amide bonds. The molecule has 5 rings (SSSR count). The largest absolute Gasteiger partial charge is 0.394 e. The van der Waals surface area contributed by atoms with E-state index in [0.717, 1.165) is 22.0 Å². The molecule has 3 atom stereocenters. The monoisotopic (exact) mass is 419 g/mol. The van der Waals surface area contributed by atoms with Gasteiger partial charge in [0.25, 0.3) is 5.56 Å². The molecule has 3 heterocycles. The summed E-state index contributed by atoms with van der Waals surface area (Å²) < 4.78 is 9.10. The molecule has 1 aliphatic rings. The Morgan fingerprint density at radius 2 is 2.00 bits per heavy atom. The summed E-state index contributed by atoms with van der Waals surface area (Å²) in [6, 6.07) is 13.8. The van der Waals surface area contributed by atoms with Crippen LogP contribution in [0.15, 0.2) is 64.4 Å². The van der Waals surface area contributed by atoms with Crippen molar-refractivity contribution in [3.8, 4) is 11.3 Å². The van der Waals surface area contributed by atoms with Gasteiger partial charge in [-0.05, 0) is 17.7 Å². The molecule has 2 aromatic carbocycles. The summed E-state index contributed by atoms with van der Waals surface area (Å²) in [4.78, 5) is 26.3. The molecule has 1 fully saturated rings. The van der Waals surface area contributed by atoms with Gasteiger partial charge in [0, 0.05) is 23.7 Å². The van der Waals surface area contributed by atoms with Crippen molar-refractivity contribution in [2.24, 2.45) is 0 Å². The van der Waals surface area contributed by atoms with Crippen LogP contribution >= 0.6 is 0 Å². The number of nitrogens with zero attached hydrogens (tertiary/aromatic N) is 4. The van der Waals surface area contributed by atoms with Crippen LogP contribution in [0.5, 0.6) is 0 Å². The number of rotatable bonds is 4. The summed E-state index contributed by atoms with van der Waals surface area (Å²) in [6.45, 7) is 1.38. The van der Waals surface area contributed by atoms with Crippen molar-refractivity contribution in [1.82, 2.24) is 24.5 Å². The number of aliphatic hydroxyl groups excluding tert-OH is 1. The molecule has 2 N–H and O–H groups in total. The van der Waals surface area contributed by atoms with Crippen LogP contribution in [-0.4, -0.2) is 42.4 Å². The number of aromatic amines is 1. The van der Waals surface area contributed by atoms with Gasteiger partial charge in [-0.25, -0.2) is 9.48 Å². The van der Waals surface area contributed by atoms with Crippen LogP contribution in [0.2, 0.25) is 0 Å². The third kappa shape index (κ3) is 3.28. The number of fused-ring (bicyclic) bond motifs is 1. The zero-order valence-electron chi connectivity index (χ0n) is 16.8. The lowest BCUT2D eigenvalue weighted by Gasteiger charge is -2.18. The maximum atomic E-state index is 12.3. The van der Waals surface area contributed by atoms with Gasteiger partial charge >= 0.3 is 5.69 Å². The summed E-state index contributed by atoms with van der Waals surface area (Å²) >= 11 is 0. The fraction of sp³-hybridized carbons (Fsp3) is 0.273. The van der Waals surface area contributed by atoms with Crippen molar-refractivity contribution >= 4 is 10.8 Å². The van der Waals surface area contributed by atoms with Gasteiger partial charge in [-0.3, -0.25) is 14.3 Å². The fourth-order valence-electron chi connectivity index (χ4n) is 4.24. The van der Waals surface area contributed by atoms with Gasteiger partial charge in [-0.15, -0.1) is 5.10 Å². The third-order valence-corrected chi connectivity index (χ3v) is 5.79. The van der Waals surface area contributed by atoms with Crippen LogP contribution in [0.1, 0.15) is 24.3 Å². The van der Waals surface area contributed by atoms with E-state index < -0.39 is 23.6 Å². The summed E-state index contributed by atoms with van der Waals surface area (Å²) in [5, 5.41) is 20.5. The van der Waals surface area contributed by atoms with Crippen molar-refractivity contribution < 1.29 is 9.84 Å². The van der Waals surface area contributed by atoms with Gasteiger partial charge in [0.15, 0.2) is 0 Å². The smallest absolute Gasteiger partial charge is 0.330 e. The highest BCUT2D eigenvalue weighted by Gasteiger charge is 2.39. The third-order valence-electron chi connectivity index (χ3n) is 5.79. The Morgan fingerprint density at radius 1 is 1.19 bits per heavy atom. The molecule has 9 nitrogen and oxygen atoms in total. The zero-order valence-corrected chi connectivity index (χ0v) is 16.8. The molecule has 0 unspecified atom stereocenters. The average molecular weight is 419 g/mol. The molecule has 2 aromatic heterocycles. The lowest BCUT2D eigenvalue weighted by atomic mass is 10.0. The van der Waals surface area contributed by atoms with Crippen LogP contribution in [0.3, 0.4) is 0 Å². The summed E-state index contributed by atoms with van der Waals surface area (Å²) in [5.41, 5.74) is 1.20. The molecular formula is C22H21N5O4. The van der Waals surface area contributed by atoms with Crippen LogP contribution in [-0.2, 0) is 4.74 Å². The van der Waals surface area contributed by atoms with E-state index in [-0.39, 0.29) is 12.6 Å². The number of aryl methyl sites for hydroxylation is 1. The minimum absolute atomic E-state index is 0.243. The van der Waals surface area contributed by atoms with Crippen molar-refractivity contribution in [3.05, 3.63) is 81.3 Å². The second kappa shape index (κ2) is 7.60. The molecule has 0 aliphatic carbocycles. The lowest BCUT2D eigenvalue weighted by molar-refractivity contribution is -0.0322. The first-order valence-corrected chi connectivity index (χ1v) is 10.0. The molecule has 0 bridgehead atoms. The number of aliphatic hydroxyl groups is 1. The van der Waals surface area contributed by atoms with E-state index in [0.29, 0.717) is 12.0 Å². The Hall–Kier alpha value is -3.56. The van der Waals surface area contributed by atoms with Crippen LogP contribution < -0.4 is 11.2 Å². The molecule has 0 saturated carbocycles. The van der Waals surface area contributed by atoms with Gasteiger partial charge in [0.2, 0.25) is 0 Å². The fourth-order valence-corrected chi connectivity index (χ4v) is 4.24. The van der Waals surface area contributed by atoms with Crippen LogP contribution in [0.4, 0.5) is 0 Å². The lowest BCUT2D eigenvalue weighted by Crippen LogP contribution is -2.33. The summed E-state index contributed by atoms with van der Waals surface area (Å²) in [6.07, 6.45) is 2.34.